The summed E-state index contributed by atoms with van der Waals surface area (Å²) in [6.45, 7) is 1.62. The zero-order valence-corrected chi connectivity index (χ0v) is 16.5. The van der Waals surface area contributed by atoms with Crippen LogP contribution in [0.2, 0.25) is 0 Å². The number of carbonyl (C=O) groups is 2. The summed E-state index contributed by atoms with van der Waals surface area (Å²) in [4.78, 5) is 24.0. The van der Waals surface area contributed by atoms with Crippen molar-refractivity contribution in [2.45, 2.75) is 13.0 Å². The van der Waals surface area contributed by atoms with Crippen molar-refractivity contribution in [1.82, 2.24) is 5.32 Å². The maximum absolute atomic E-state index is 12.5. The first kappa shape index (κ1) is 20.3. The van der Waals surface area contributed by atoms with E-state index in [4.69, 9.17) is 4.74 Å². The van der Waals surface area contributed by atoms with E-state index < -0.39 is 0 Å². The molecule has 0 unspecified atom stereocenters. The van der Waals surface area contributed by atoms with Crippen molar-refractivity contribution in [3.63, 3.8) is 0 Å². The SMILES string of the molecule is COc1ccc([C@@H](NCC(=O)Nc2cccc(C(C)=O)c2)c2ccccc2)cc1. The van der Waals surface area contributed by atoms with Gasteiger partial charge in [-0.1, -0.05) is 54.6 Å². The molecule has 5 heteroatoms. The highest BCUT2D eigenvalue weighted by molar-refractivity contribution is 5.97. The number of carbonyl (C=O) groups excluding carboxylic acids is 2. The Morgan fingerprint density at radius 1 is 0.897 bits per heavy atom. The molecule has 0 fully saturated rings. The number of Topliss-reactive ketones (excluding diaryl/α,β-unsaturated/α-hetero) is 1. The molecule has 0 saturated heterocycles. The quantitative estimate of drug-likeness (QED) is 0.567. The van der Waals surface area contributed by atoms with Crippen LogP contribution < -0.4 is 15.4 Å². The molecule has 3 rings (SSSR count). The van der Waals surface area contributed by atoms with Gasteiger partial charge < -0.3 is 10.1 Å². The van der Waals surface area contributed by atoms with E-state index in [9.17, 15) is 9.59 Å². The number of nitrogens with one attached hydrogen (secondary N) is 2. The third-order valence-corrected chi connectivity index (χ3v) is 4.60. The fourth-order valence-electron chi connectivity index (χ4n) is 3.09. The van der Waals surface area contributed by atoms with Crippen LogP contribution in [0.25, 0.3) is 0 Å². The molecule has 2 N–H and O–H groups in total. The number of hydrogen-bond donors (Lipinski definition) is 2. The Balaban J connectivity index is 1.72. The fourth-order valence-corrected chi connectivity index (χ4v) is 3.09. The minimum Gasteiger partial charge on any atom is -0.497 e. The predicted molar refractivity (Wildman–Crippen MR) is 114 cm³/mol. The average Bonchev–Trinajstić information content (AvgIpc) is 2.75. The largest absolute Gasteiger partial charge is 0.497 e. The molecule has 0 spiro atoms. The second kappa shape index (κ2) is 9.66. The molecule has 0 aromatic heterocycles. The van der Waals surface area contributed by atoms with Gasteiger partial charge in [0.05, 0.1) is 19.7 Å². The summed E-state index contributed by atoms with van der Waals surface area (Å²) in [5, 5.41) is 6.17. The lowest BCUT2D eigenvalue weighted by molar-refractivity contribution is -0.115. The molecule has 3 aromatic carbocycles. The van der Waals surface area contributed by atoms with E-state index in [1.54, 1.807) is 31.4 Å². The molecule has 1 atom stereocenters. The van der Waals surface area contributed by atoms with Gasteiger partial charge in [0.2, 0.25) is 5.91 Å². The monoisotopic (exact) mass is 388 g/mol. The summed E-state index contributed by atoms with van der Waals surface area (Å²) in [6, 6.07) is 24.5. The Kier molecular flexibility index (Phi) is 6.76. The summed E-state index contributed by atoms with van der Waals surface area (Å²) in [7, 11) is 1.63. The lowest BCUT2D eigenvalue weighted by Gasteiger charge is -2.20. The van der Waals surface area contributed by atoms with Gasteiger partial charge in [-0.05, 0) is 42.3 Å². The lowest BCUT2D eigenvalue weighted by atomic mass is 9.98. The van der Waals surface area contributed by atoms with Gasteiger partial charge in [0.1, 0.15) is 5.75 Å². The van der Waals surface area contributed by atoms with Crippen molar-refractivity contribution >= 4 is 17.4 Å². The maximum atomic E-state index is 12.5. The summed E-state index contributed by atoms with van der Waals surface area (Å²) < 4.78 is 5.24. The van der Waals surface area contributed by atoms with Crippen molar-refractivity contribution in [2.24, 2.45) is 0 Å². The predicted octanol–water partition coefficient (Wildman–Crippen LogP) is 4.22. The molecule has 29 heavy (non-hydrogen) atoms. The molecular formula is C24H24N2O3. The van der Waals surface area contributed by atoms with Gasteiger partial charge in [0, 0.05) is 11.3 Å². The van der Waals surface area contributed by atoms with E-state index in [0.29, 0.717) is 11.3 Å². The van der Waals surface area contributed by atoms with E-state index in [1.807, 2.05) is 54.6 Å². The van der Waals surface area contributed by atoms with Crippen LogP contribution in [-0.4, -0.2) is 25.3 Å². The van der Waals surface area contributed by atoms with Crippen LogP contribution in [0.4, 0.5) is 5.69 Å². The number of ether oxygens (including phenoxy) is 1. The third-order valence-electron chi connectivity index (χ3n) is 4.60. The molecule has 0 radical (unpaired) electrons. The molecule has 0 aliphatic carbocycles. The highest BCUT2D eigenvalue weighted by Gasteiger charge is 2.15. The van der Waals surface area contributed by atoms with Crippen LogP contribution in [-0.2, 0) is 4.79 Å². The Morgan fingerprint density at radius 2 is 1.59 bits per heavy atom. The van der Waals surface area contributed by atoms with Crippen molar-refractivity contribution in [3.8, 4) is 5.75 Å². The molecule has 0 heterocycles. The van der Waals surface area contributed by atoms with Crippen molar-refractivity contribution in [1.29, 1.82) is 0 Å². The highest BCUT2D eigenvalue weighted by Crippen LogP contribution is 2.24. The van der Waals surface area contributed by atoms with Gasteiger partial charge in [-0.3, -0.25) is 14.9 Å². The first-order valence-corrected chi connectivity index (χ1v) is 9.40. The van der Waals surface area contributed by atoms with Crippen LogP contribution in [0.15, 0.2) is 78.9 Å². The molecule has 5 nitrogen and oxygen atoms in total. The maximum Gasteiger partial charge on any atom is 0.238 e. The van der Waals surface area contributed by atoms with E-state index >= 15 is 0 Å². The minimum absolute atomic E-state index is 0.0390. The fraction of sp³-hybridized carbons (Fsp3) is 0.167. The molecule has 0 aliphatic rings. The molecule has 0 bridgehead atoms. The normalized spacial score (nSPS) is 11.5. The van der Waals surface area contributed by atoms with Gasteiger partial charge in [0.15, 0.2) is 5.78 Å². The zero-order valence-electron chi connectivity index (χ0n) is 16.5. The van der Waals surface area contributed by atoms with E-state index in [1.165, 1.54) is 6.92 Å². The third kappa shape index (κ3) is 5.53. The molecule has 1 amide bonds. The van der Waals surface area contributed by atoms with Crippen LogP contribution in [0, 0.1) is 0 Å². The van der Waals surface area contributed by atoms with Crippen LogP contribution >= 0.6 is 0 Å². The van der Waals surface area contributed by atoms with Gasteiger partial charge in [-0.15, -0.1) is 0 Å². The van der Waals surface area contributed by atoms with Crippen LogP contribution in [0.1, 0.15) is 34.5 Å². The smallest absolute Gasteiger partial charge is 0.238 e. The van der Waals surface area contributed by atoms with Crippen molar-refractivity contribution < 1.29 is 14.3 Å². The molecule has 148 valence electrons. The highest BCUT2D eigenvalue weighted by atomic mass is 16.5. The van der Waals surface area contributed by atoms with Crippen LogP contribution in [0.3, 0.4) is 0 Å². The second-order valence-corrected chi connectivity index (χ2v) is 6.68. The summed E-state index contributed by atoms with van der Waals surface area (Å²) in [5.41, 5.74) is 3.26. The van der Waals surface area contributed by atoms with Crippen LogP contribution in [0.5, 0.6) is 5.75 Å². The number of rotatable bonds is 8. The number of ketones is 1. The first-order chi connectivity index (χ1) is 14.1. The van der Waals surface area contributed by atoms with Crippen molar-refractivity contribution in [3.05, 3.63) is 95.6 Å². The van der Waals surface area contributed by atoms with Gasteiger partial charge in [0.25, 0.3) is 0 Å². The number of anilines is 1. The van der Waals surface area contributed by atoms with E-state index in [0.717, 1.165) is 16.9 Å². The molecule has 0 aliphatic heterocycles. The summed E-state index contributed by atoms with van der Waals surface area (Å²) >= 11 is 0. The summed E-state index contributed by atoms with van der Waals surface area (Å²) in [6.07, 6.45) is 0. The number of benzene rings is 3. The Hall–Kier alpha value is -3.44. The van der Waals surface area contributed by atoms with Gasteiger partial charge in [-0.2, -0.15) is 0 Å². The van der Waals surface area contributed by atoms with Crippen molar-refractivity contribution in [2.75, 3.05) is 19.0 Å². The standard InChI is InChI=1S/C24H24N2O3/c1-17(27)20-9-6-10-21(15-20)26-23(28)16-25-24(18-7-4-3-5-8-18)19-11-13-22(29-2)14-12-19/h3-15,24-25H,16H2,1-2H3,(H,26,28)/t24-/m0/s1. The lowest BCUT2D eigenvalue weighted by Crippen LogP contribution is -2.32. The number of amides is 1. The number of hydrogen-bond acceptors (Lipinski definition) is 4. The average molecular weight is 388 g/mol. The Labute approximate surface area is 170 Å². The van der Waals surface area contributed by atoms with E-state index in [2.05, 4.69) is 10.6 Å². The summed E-state index contributed by atoms with van der Waals surface area (Å²) in [5.74, 6) is 0.562. The Bertz CT molecular complexity index is 969. The zero-order chi connectivity index (χ0) is 20.6. The molecule has 0 saturated carbocycles. The van der Waals surface area contributed by atoms with Gasteiger partial charge in [-0.25, -0.2) is 0 Å². The second-order valence-electron chi connectivity index (χ2n) is 6.68. The minimum atomic E-state index is -0.180. The first-order valence-electron chi connectivity index (χ1n) is 9.40. The topological polar surface area (TPSA) is 67.4 Å². The van der Waals surface area contributed by atoms with E-state index in [-0.39, 0.29) is 24.3 Å². The molecule has 3 aromatic rings. The molecular weight excluding hydrogens is 364 g/mol. The van der Waals surface area contributed by atoms with Gasteiger partial charge >= 0.3 is 0 Å². The number of methoxy groups -OCH3 is 1. The Morgan fingerprint density at radius 3 is 2.24 bits per heavy atom.